The van der Waals surface area contributed by atoms with Crippen LogP contribution in [0.15, 0.2) is 22.7 Å². The van der Waals surface area contributed by atoms with Crippen LogP contribution < -0.4 is 5.32 Å². The van der Waals surface area contributed by atoms with Crippen LogP contribution in [0, 0.1) is 20.8 Å². The van der Waals surface area contributed by atoms with E-state index in [0.717, 1.165) is 23.6 Å². The molecule has 0 unspecified atom stereocenters. The number of hydrogen-bond acceptors (Lipinski definition) is 3. The van der Waals surface area contributed by atoms with Gasteiger partial charge in [0.2, 0.25) is 0 Å². The van der Waals surface area contributed by atoms with Crippen molar-refractivity contribution < 1.29 is 4.52 Å². The van der Waals surface area contributed by atoms with Gasteiger partial charge in [-0.25, -0.2) is 0 Å². The van der Waals surface area contributed by atoms with Crippen molar-refractivity contribution in [3.05, 3.63) is 40.6 Å². The van der Waals surface area contributed by atoms with Crippen molar-refractivity contribution in [1.82, 2.24) is 10.5 Å². The maximum atomic E-state index is 5.41. The number of nitrogens with one attached hydrogen (secondary N) is 1. The van der Waals surface area contributed by atoms with Gasteiger partial charge in [-0.15, -0.1) is 0 Å². The van der Waals surface area contributed by atoms with E-state index in [1.807, 2.05) is 13.1 Å². The Balaban J connectivity index is 2.45. The molecule has 0 atom stereocenters. The van der Waals surface area contributed by atoms with E-state index in [1.54, 1.807) is 0 Å². The molecule has 3 heteroatoms. The second-order valence-corrected chi connectivity index (χ2v) is 4.49. The molecule has 0 bridgehead atoms. The third-order valence-electron chi connectivity index (χ3n) is 2.84. The van der Waals surface area contributed by atoms with Crippen molar-refractivity contribution in [2.45, 2.75) is 27.3 Å². The highest BCUT2D eigenvalue weighted by atomic mass is 16.5. The summed E-state index contributed by atoms with van der Waals surface area (Å²) in [6, 6.07) is 6.34. The van der Waals surface area contributed by atoms with Gasteiger partial charge in [0.1, 0.15) is 0 Å². The second kappa shape index (κ2) is 4.72. The van der Waals surface area contributed by atoms with Crippen LogP contribution in [-0.4, -0.2) is 12.2 Å². The summed E-state index contributed by atoms with van der Waals surface area (Å²) in [6.45, 7) is 7.05. The summed E-state index contributed by atoms with van der Waals surface area (Å²) in [6.07, 6.45) is 0. The Kier molecular flexibility index (Phi) is 3.29. The average Bonchev–Trinajstić information content (AvgIpc) is 2.65. The van der Waals surface area contributed by atoms with E-state index < -0.39 is 0 Å². The maximum Gasteiger partial charge on any atom is 0.167 e. The first-order chi connectivity index (χ1) is 8.11. The molecule has 0 spiro atoms. The first-order valence-corrected chi connectivity index (χ1v) is 5.80. The van der Waals surface area contributed by atoms with Gasteiger partial charge in [-0.3, -0.25) is 0 Å². The summed E-state index contributed by atoms with van der Waals surface area (Å²) in [5.74, 6) is 0.852. The number of aromatic nitrogens is 1. The maximum absolute atomic E-state index is 5.41. The predicted molar refractivity (Wildman–Crippen MR) is 68.9 cm³/mol. The highest BCUT2D eigenvalue weighted by molar-refractivity contribution is 5.66. The molecule has 0 aliphatic rings. The van der Waals surface area contributed by atoms with Gasteiger partial charge in [0.05, 0.1) is 5.69 Å². The largest absolute Gasteiger partial charge is 0.356 e. The van der Waals surface area contributed by atoms with E-state index in [-0.39, 0.29) is 0 Å². The monoisotopic (exact) mass is 230 g/mol. The minimum absolute atomic E-state index is 0.730. The third-order valence-corrected chi connectivity index (χ3v) is 2.84. The predicted octanol–water partition coefficient (Wildman–Crippen LogP) is 2.99. The van der Waals surface area contributed by atoms with Gasteiger partial charge in [-0.1, -0.05) is 22.9 Å². The van der Waals surface area contributed by atoms with E-state index in [4.69, 9.17) is 4.52 Å². The summed E-state index contributed by atoms with van der Waals surface area (Å²) in [7, 11) is 1.90. The van der Waals surface area contributed by atoms with Crippen LogP contribution in [0.2, 0.25) is 0 Å². The second-order valence-electron chi connectivity index (χ2n) is 4.49. The van der Waals surface area contributed by atoms with E-state index in [9.17, 15) is 0 Å². The van der Waals surface area contributed by atoms with E-state index in [2.05, 4.69) is 43.4 Å². The smallest absolute Gasteiger partial charge is 0.167 e. The van der Waals surface area contributed by atoms with Crippen LogP contribution in [0.3, 0.4) is 0 Å². The highest BCUT2D eigenvalue weighted by Gasteiger charge is 2.12. The molecule has 0 amide bonds. The topological polar surface area (TPSA) is 38.1 Å². The lowest BCUT2D eigenvalue weighted by molar-refractivity contribution is 0.421. The minimum atomic E-state index is 0.730. The van der Waals surface area contributed by atoms with Gasteiger partial charge >= 0.3 is 0 Å². The molecule has 0 saturated heterocycles. The Morgan fingerprint density at radius 1 is 1.12 bits per heavy atom. The molecule has 0 fully saturated rings. The SMILES string of the molecule is CNCc1cc(-c2c(C)cc(C)cc2C)on1. The van der Waals surface area contributed by atoms with Gasteiger partial charge in [0.15, 0.2) is 5.76 Å². The zero-order valence-electron chi connectivity index (χ0n) is 10.8. The quantitative estimate of drug-likeness (QED) is 0.880. The highest BCUT2D eigenvalue weighted by Crippen LogP contribution is 2.28. The lowest BCUT2D eigenvalue weighted by Gasteiger charge is -2.07. The Labute approximate surface area is 102 Å². The van der Waals surface area contributed by atoms with E-state index in [1.165, 1.54) is 16.7 Å². The van der Waals surface area contributed by atoms with Crippen molar-refractivity contribution >= 4 is 0 Å². The third kappa shape index (κ3) is 2.39. The summed E-state index contributed by atoms with van der Waals surface area (Å²) in [5, 5.41) is 7.11. The van der Waals surface area contributed by atoms with Gasteiger partial charge < -0.3 is 9.84 Å². The summed E-state index contributed by atoms with van der Waals surface area (Å²) >= 11 is 0. The van der Waals surface area contributed by atoms with Gasteiger partial charge in [-0.2, -0.15) is 0 Å². The lowest BCUT2D eigenvalue weighted by Crippen LogP contribution is -2.04. The fourth-order valence-corrected chi connectivity index (χ4v) is 2.26. The van der Waals surface area contributed by atoms with Gasteiger partial charge in [-0.05, 0) is 38.9 Å². The number of benzene rings is 1. The average molecular weight is 230 g/mol. The molecule has 1 heterocycles. The van der Waals surface area contributed by atoms with Crippen molar-refractivity contribution in [3.63, 3.8) is 0 Å². The van der Waals surface area contributed by atoms with Gasteiger partial charge in [0.25, 0.3) is 0 Å². The standard InChI is InChI=1S/C14H18N2O/c1-9-5-10(2)14(11(3)6-9)13-7-12(8-15-4)16-17-13/h5-7,15H,8H2,1-4H3. The zero-order chi connectivity index (χ0) is 12.4. The zero-order valence-corrected chi connectivity index (χ0v) is 10.8. The van der Waals surface area contributed by atoms with Crippen LogP contribution in [0.4, 0.5) is 0 Å². The Bertz CT molecular complexity index is 506. The summed E-state index contributed by atoms with van der Waals surface area (Å²) in [4.78, 5) is 0. The molecule has 17 heavy (non-hydrogen) atoms. The van der Waals surface area contributed by atoms with E-state index in [0.29, 0.717) is 0 Å². The first-order valence-electron chi connectivity index (χ1n) is 5.80. The summed E-state index contributed by atoms with van der Waals surface area (Å²) in [5.41, 5.74) is 5.83. The Morgan fingerprint density at radius 3 is 2.35 bits per heavy atom. The van der Waals surface area contributed by atoms with Crippen LogP contribution in [0.1, 0.15) is 22.4 Å². The Morgan fingerprint density at radius 2 is 1.76 bits per heavy atom. The fourth-order valence-electron chi connectivity index (χ4n) is 2.26. The molecule has 1 N–H and O–H groups in total. The van der Waals surface area contributed by atoms with Crippen LogP contribution in [0.5, 0.6) is 0 Å². The molecule has 0 radical (unpaired) electrons. The summed E-state index contributed by atoms with van der Waals surface area (Å²) < 4.78 is 5.41. The molecule has 90 valence electrons. The number of rotatable bonds is 3. The molecule has 2 aromatic rings. The molecule has 1 aromatic heterocycles. The number of nitrogens with zero attached hydrogens (tertiary/aromatic N) is 1. The van der Waals surface area contributed by atoms with E-state index >= 15 is 0 Å². The molecular weight excluding hydrogens is 212 g/mol. The molecular formula is C14H18N2O. The van der Waals surface area contributed by atoms with Crippen LogP contribution >= 0.6 is 0 Å². The van der Waals surface area contributed by atoms with Crippen molar-refractivity contribution in [2.75, 3.05) is 7.05 Å². The first kappa shape index (κ1) is 11.9. The van der Waals surface area contributed by atoms with Crippen molar-refractivity contribution in [2.24, 2.45) is 0 Å². The lowest BCUT2D eigenvalue weighted by atomic mass is 9.98. The normalized spacial score (nSPS) is 10.8. The van der Waals surface area contributed by atoms with Crippen LogP contribution in [0.25, 0.3) is 11.3 Å². The molecule has 3 nitrogen and oxygen atoms in total. The van der Waals surface area contributed by atoms with Gasteiger partial charge in [0, 0.05) is 18.2 Å². The molecule has 0 aliphatic heterocycles. The van der Waals surface area contributed by atoms with Crippen LogP contribution in [-0.2, 0) is 6.54 Å². The number of aryl methyl sites for hydroxylation is 3. The van der Waals surface area contributed by atoms with Crippen molar-refractivity contribution in [1.29, 1.82) is 0 Å². The molecule has 2 rings (SSSR count). The van der Waals surface area contributed by atoms with Crippen molar-refractivity contribution in [3.8, 4) is 11.3 Å². The minimum Gasteiger partial charge on any atom is -0.356 e. The fraction of sp³-hybridized carbons (Fsp3) is 0.357. The molecule has 0 aliphatic carbocycles. The number of hydrogen-bond donors (Lipinski definition) is 1. The Hall–Kier alpha value is -1.61. The molecule has 0 saturated carbocycles. The molecule has 1 aromatic carbocycles.